The summed E-state index contributed by atoms with van der Waals surface area (Å²) < 4.78 is 0. The Hall–Kier alpha value is -1.49. The fourth-order valence-corrected chi connectivity index (χ4v) is 3.78. The Labute approximate surface area is 145 Å². The molecule has 23 heavy (non-hydrogen) atoms. The second-order valence-electron chi connectivity index (χ2n) is 5.72. The molecule has 3 rings (SSSR count). The van der Waals surface area contributed by atoms with Gasteiger partial charge < -0.3 is 10.6 Å². The second kappa shape index (κ2) is 7.39. The molecule has 0 unspecified atom stereocenters. The average Bonchev–Trinajstić information content (AvgIpc) is 2.97. The maximum absolute atomic E-state index is 12.4. The Morgan fingerprint density at radius 1 is 1.13 bits per heavy atom. The number of rotatable bonds is 4. The van der Waals surface area contributed by atoms with Gasteiger partial charge >= 0.3 is 0 Å². The Balaban J connectivity index is 1.57. The number of thioether (sulfide) groups is 1. The summed E-state index contributed by atoms with van der Waals surface area (Å²) in [6.45, 7) is 1.32. The van der Waals surface area contributed by atoms with E-state index < -0.39 is 0 Å². The molecule has 2 aromatic carbocycles. The molecule has 0 bridgehead atoms. The van der Waals surface area contributed by atoms with Gasteiger partial charge in [0.1, 0.15) is 0 Å². The smallest absolute Gasteiger partial charge is 0.233 e. The van der Waals surface area contributed by atoms with E-state index in [-0.39, 0.29) is 17.9 Å². The van der Waals surface area contributed by atoms with E-state index in [9.17, 15) is 4.79 Å². The van der Waals surface area contributed by atoms with Crippen molar-refractivity contribution in [2.45, 2.75) is 16.9 Å². The highest BCUT2D eigenvalue weighted by molar-refractivity contribution is 8.00. The lowest BCUT2D eigenvalue weighted by Crippen LogP contribution is -2.33. The maximum Gasteiger partial charge on any atom is 0.233 e. The van der Waals surface area contributed by atoms with E-state index in [1.165, 1.54) is 17.3 Å². The van der Waals surface area contributed by atoms with Crippen molar-refractivity contribution in [2.75, 3.05) is 18.8 Å². The van der Waals surface area contributed by atoms with Crippen LogP contribution in [0.1, 0.15) is 11.5 Å². The van der Waals surface area contributed by atoms with Crippen molar-refractivity contribution in [1.29, 1.82) is 0 Å². The normalized spacial score (nSPS) is 20.7. The number of nitrogens with zero attached hydrogens (tertiary/aromatic N) is 1. The van der Waals surface area contributed by atoms with Gasteiger partial charge in [-0.05, 0) is 29.8 Å². The third-order valence-corrected chi connectivity index (χ3v) is 5.37. The standard InChI is InChI=1S/C18H19ClN2OS/c19-14-6-8-15(9-7-14)23-12-18(22)21-10-16(17(20)11-21)13-4-2-1-3-5-13/h1-9,16-17H,10-12,20H2/t16-,17+/m0/s1. The number of amides is 1. The minimum absolute atomic E-state index is 0.00174. The first-order chi connectivity index (χ1) is 11.1. The summed E-state index contributed by atoms with van der Waals surface area (Å²) in [5, 5.41) is 0.705. The molecular weight excluding hydrogens is 328 g/mol. The van der Waals surface area contributed by atoms with Crippen molar-refractivity contribution in [3.8, 4) is 0 Å². The van der Waals surface area contributed by atoms with Gasteiger partial charge in [0, 0.05) is 35.0 Å². The number of hydrogen-bond acceptors (Lipinski definition) is 3. The summed E-state index contributed by atoms with van der Waals surface area (Å²) in [6, 6.07) is 17.7. The van der Waals surface area contributed by atoms with Gasteiger partial charge in [-0.25, -0.2) is 0 Å². The van der Waals surface area contributed by atoms with Crippen LogP contribution in [0.2, 0.25) is 5.02 Å². The van der Waals surface area contributed by atoms with Gasteiger partial charge in [-0.3, -0.25) is 4.79 Å². The van der Waals surface area contributed by atoms with Crippen molar-refractivity contribution < 1.29 is 4.79 Å². The topological polar surface area (TPSA) is 46.3 Å². The third-order valence-electron chi connectivity index (χ3n) is 4.12. The second-order valence-corrected chi connectivity index (χ2v) is 7.21. The van der Waals surface area contributed by atoms with Crippen LogP contribution in [-0.4, -0.2) is 35.7 Å². The summed E-state index contributed by atoms with van der Waals surface area (Å²) in [6.07, 6.45) is 0. The van der Waals surface area contributed by atoms with Gasteiger partial charge in [0.05, 0.1) is 5.75 Å². The first-order valence-electron chi connectivity index (χ1n) is 7.60. The van der Waals surface area contributed by atoms with Gasteiger partial charge in [-0.2, -0.15) is 0 Å². The maximum atomic E-state index is 12.4. The average molecular weight is 347 g/mol. The molecule has 3 nitrogen and oxygen atoms in total. The monoisotopic (exact) mass is 346 g/mol. The summed E-state index contributed by atoms with van der Waals surface area (Å²) in [7, 11) is 0. The van der Waals surface area contributed by atoms with Crippen LogP contribution in [0, 0.1) is 0 Å². The van der Waals surface area contributed by atoms with E-state index in [0.717, 1.165) is 4.90 Å². The van der Waals surface area contributed by atoms with Crippen LogP contribution in [0.15, 0.2) is 59.5 Å². The van der Waals surface area contributed by atoms with Crippen LogP contribution < -0.4 is 5.73 Å². The molecule has 0 spiro atoms. The van der Waals surface area contributed by atoms with Gasteiger partial charge in [-0.1, -0.05) is 41.9 Å². The molecule has 0 aromatic heterocycles. The van der Waals surface area contributed by atoms with E-state index in [0.29, 0.717) is 23.9 Å². The first-order valence-corrected chi connectivity index (χ1v) is 8.96. The highest BCUT2D eigenvalue weighted by Gasteiger charge is 2.33. The van der Waals surface area contributed by atoms with Crippen LogP contribution >= 0.6 is 23.4 Å². The molecule has 1 saturated heterocycles. The zero-order valence-corrected chi connectivity index (χ0v) is 14.3. The largest absolute Gasteiger partial charge is 0.340 e. The van der Waals surface area contributed by atoms with Crippen LogP contribution in [-0.2, 0) is 4.79 Å². The first kappa shape index (κ1) is 16.4. The van der Waals surface area contributed by atoms with E-state index in [2.05, 4.69) is 12.1 Å². The number of likely N-dealkylation sites (tertiary alicyclic amines) is 1. The molecule has 2 atom stereocenters. The lowest BCUT2D eigenvalue weighted by Gasteiger charge is -2.16. The molecule has 2 N–H and O–H groups in total. The van der Waals surface area contributed by atoms with Crippen molar-refractivity contribution in [3.05, 3.63) is 65.2 Å². The molecule has 5 heteroatoms. The van der Waals surface area contributed by atoms with Crippen LogP contribution in [0.5, 0.6) is 0 Å². The summed E-state index contributed by atoms with van der Waals surface area (Å²) >= 11 is 7.40. The molecule has 1 amide bonds. The Morgan fingerprint density at radius 3 is 2.52 bits per heavy atom. The summed E-state index contributed by atoms with van der Waals surface area (Å²) in [5.74, 6) is 0.787. The predicted molar refractivity (Wildman–Crippen MR) is 95.9 cm³/mol. The third kappa shape index (κ3) is 4.08. The van der Waals surface area contributed by atoms with E-state index >= 15 is 0 Å². The van der Waals surface area contributed by atoms with Gasteiger partial charge in [0.15, 0.2) is 0 Å². The quantitative estimate of drug-likeness (QED) is 0.863. The van der Waals surface area contributed by atoms with Gasteiger partial charge in [0.2, 0.25) is 5.91 Å². The van der Waals surface area contributed by atoms with Crippen molar-refractivity contribution >= 4 is 29.3 Å². The fourth-order valence-electron chi connectivity index (χ4n) is 2.85. The van der Waals surface area contributed by atoms with Crippen LogP contribution in [0.3, 0.4) is 0 Å². The van der Waals surface area contributed by atoms with Crippen molar-refractivity contribution in [3.63, 3.8) is 0 Å². The molecule has 0 aliphatic carbocycles. The highest BCUT2D eigenvalue weighted by Crippen LogP contribution is 2.27. The summed E-state index contributed by atoms with van der Waals surface area (Å²) in [5.41, 5.74) is 7.46. The Kier molecular flexibility index (Phi) is 5.26. The number of benzene rings is 2. The van der Waals surface area contributed by atoms with Gasteiger partial charge in [-0.15, -0.1) is 11.8 Å². The number of hydrogen-bond donors (Lipinski definition) is 1. The molecule has 120 valence electrons. The molecule has 1 heterocycles. The number of carbonyl (C=O) groups excluding carboxylic acids is 1. The van der Waals surface area contributed by atoms with Crippen molar-refractivity contribution in [2.24, 2.45) is 5.73 Å². The Morgan fingerprint density at radius 2 is 1.83 bits per heavy atom. The molecule has 1 fully saturated rings. The molecular formula is C18H19ClN2OS. The predicted octanol–water partition coefficient (Wildman–Crippen LogP) is 3.39. The molecule has 0 saturated carbocycles. The molecule has 2 aromatic rings. The highest BCUT2D eigenvalue weighted by atomic mass is 35.5. The van der Waals surface area contributed by atoms with E-state index in [1.54, 1.807) is 0 Å². The lowest BCUT2D eigenvalue weighted by atomic mass is 9.95. The molecule has 1 aliphatic heterocycles. The number of nitrogens with two attached hydrogens (primary N) is 1. The molecule has 1 aliphatic rings. The SMILES string of the molecule is N[C@@H]1CN(C(=O)CSc2ccc(Cl)cc2)C[C@H]1c1ccccc1. The van der Waals surface area contributed by atoms with E-state index in [1.807, 2.05) is 47.4 Å². The zero-order valence-electron chi connectivity index (χ0n) is 12.7. The fraction of sp³-hybridized carbons (Fsp3) is 0.278. The van der Waals surface area contributed by atoms with Crippen molar-refractivity contribution in [1.82, 2.24) is 4.90 Å². The summed E-state index contributed by atoms with van der Waals surface area (Å²) in [4.78, 5) is 15.4. The molecule has 0 radical (unpaired) electrons. The Bertz CT molecular complexity index is 662. The zero-order chi connectivity index (χ0) is 16.2. The van der Waals surface area contributed by atoms with Gasteiger partial charge in [0.25, 0.3) is 0 Å². The minimum Gasteiger partial charge on any atom is -0.340 e. The minimum atomic E-state index is 0.00174. The number of halogens is 1. The van der Waals surface area contributed by atoms with E-state index in [4.69, 9.17) is 17.3 Å². The number of carbonyl (C=O) groups is 1. The lowest BCUT2D eigenvalue weighted by molar-refractivity contribution is -0.127. The van der Waals surface area contributed by atoms with Crippen LogP contribution in [0.25, 0.3) is 0 Å². The van der Waals surface area contributed by atoms with Crippen LogP contribution in [0.4, 0.5) is 0 Å².